The van der Waals surface area contributed by atoms with Crippen molar-refractivity contribution in [3.8, 4) is 0 Å². The summed E-state index contributed by atoms with van der Waals surface area (Å²) in [5.41, 5.74) is 5.45. The molecular weight excluding hydrogens is 226 g/mol. The van der Waals surface area contributed by atoms with E-state index in [9.17, 15) is 4.79 Å². The van der Waals surface area contributed by atoms with Crippen molar-refractivity contribution < 1.29 is 9.53 Å². The number of unbranched alkanes of at least 4 members (excludes halogenated alkanes) is 10. The molecule has 0 aromatic carbocycles. The number of carbonyl (C=O) groups excluding carboxylic acids is 1. The summed E-state index contributed by atoms with van der Waals surface area (Å²) in [5, 5.41) is 0. The third-order valence-corrected chi connectivity index (χ3v) is 3.31. The van der Waals surface area contributed by atoms with Crippen LogP contribution in [-0.4, -0.2) is 19.6 Å². The predicted molar refractivity (Wildman–Crippen MR) is 76.5 cm³/mol. The van der Waals surface area contributed by atoms with E-state index in [0.29, 0.717) is 6.42 Å². The van der Waals surface area contributed by atoms with Crippen molar-refractivity contribution in [1.82, 2.24) is 0 Å². The fourth-order valence-electron chi connectivity index (χ4n) is 2.11. The average Bonchev–Trinajstić information content (AvgIpc) is 2.39. The lowest BCUT2D eigenvalue weighted by molar-refractivity contribution is -0.140. The molecule has 0 bridgehead atoms. The number of methoxy groups -OCH3 is 1. The number of hydrogen-bond acceptors (Lipinski definition) is 3. The third kappa shape index (κ3) is 13.5. The highest BCUT2D eigenvalue weighted by molar-refractivity contribution is 5.68. The maximum Gasteiger partial charge on any atom is 0.305 e. The van der Waals surface area contributed by atoms with Crippen molar-refractivity contribution in [3.05, 3.63) is 0 Å². The number of nitrogens with two attached hydrogens (primary N) is 1. The Kier molecular flexibility index (Phi) is 14.0. The monoisotopic (exact) mass is 257 g/mol. The smallest absolute Gasteiger partial charge is 0.305 e. The fourth-order valence-corrected chi connectivity index (χ4v) is 2.11. The van der Waals surface area contributed by atoms with Gasteiger partial charge in [-0.05, 0) is 19.4 Å². The molecule has 0 aliphatic carbocycles. The second kappa shape index (κ2) is 14.5. The minimum absolute atomic E-state index is 0.0764. The second-order valence-electron chi connectivity index (χ2n) is 5.00. The molecule has 0 heterocycles. The van der Waals surface area contributed by atoms with Crippen molar-refractivity contribution >= 4 is 5.97 Å². The van der Waals surface area contributed by atoms with Gasteiger partial charge in [0, 0.05) is 6.42 Å². The molecule has 18 heavy (non-hydrogen) atoms. The van der Waals surface area contributed by atoms with Crippen LogP contribution in [0.3, 0.4) is 0 Å². The molecule has 0 atom stereocenters. The molecule has 0 spiro atoms. The standard InChI is InChI=1S/C15H31NO2/c1-18-15(17)13-11-9-7-5-3-2-4-6-8-10-12-14-16/h2-14,16H2,1H3. The minimum Gasteiger partial charge on any atom is -0.469 e. The van der Waals surface area contributed by atoms with E-state index < -0.39 is 0 Å². The Morgan fingerprint density at radius 3 is 1.56 bits per heavy atom. The minimum atomic E-state index is -0.0764. The molecule has 0 unspecified atom stereocenters. The number of rotatable bonds is 13. The van der Waals surface area contributed by atoms with Gasteiger partial charge < -0.3 is 10.5 Å². The van der Waals surface area contributed by atoms with Crippen LogP contribution in [0.5, 0.6) is 0 Å². The highest BCUT2D eigenvalue weighted by atomic mass is 16.5. The van der Waals surface area contributed by atoms with Crippen molar-refractivity contribution in [3.63, 3.8) is 0 Å². The molecule has 0 radical (unpaired) electrons. The van der Waals surface area contributed by atoms with E-state index in [4.69, 9.17) is 5.73 Å². The van der Waals surface area contributed by atoms with Gasteiger partial charge in [0.1, 0.15) is 0 Å². The largest absolute Gasteiger partial charge is 0.469 e. The first-order valence-corrected chi connectivity index (χ1v) is 7.58. The van der Waals surface area contributed by atoms with E-state index >= 15 is 0 Å². The van der Waals surface area contributed by atoms with Crippen molar-refractivity contribution in [2.75, 3.05) is 13.7 Å². The molecule has 0 aromatic heterocycles. The van der Waals surface area contributed by atoms with E-state index in [1.807, 2.05) is 0 Å². The Morgan fingerprint density at radius 2 is 1.17 bits per heavy atom. The number of hydrogen-bond donors (Lipinski definition) is 1. The zero-order valence-corrected chi connectivity index (χ0v) is 12.1. The van der Waals surface area contributed by atoms with Crippen LogP contribution in [0, 0.1) is 0 Å². The van der Waals surface area contributed by atoms with Crippen LogP contribution in [0.1, 0.15) is 77.0 Å². The fraction of sp³-hybridized carbons (Fsp3) is 0.933. The first kappa shape index (κ1) is 17.4. The summed E-state index contributed by atoms with van der Waals surface area (Å²) in [7, 11) is 1.45. The highest BCUT2D eigenvalue weighted by Crippen LogP contribution is 2.11. The molecule has 2 N–H and O–H groups in total. The van der Waals surface area contributed by atoms with Crippen LogP contribution < -0.4 is 5.73 Å². The highest BCUT2D eigenvalue weighted by Gasteiger charge is 1.99. The number of carbonyl (C=O) groups is 1. The Morgan fingerprint density at radius 1 is 0.778 bits per heavy atom. The van der Waals surface area contributed by atoms with Gasteiger partial charge in [-0.1, -0.05) is 57.8 Å². The zero-order valence-electron chi connectivity index (χ0n) is 12.1. The molecule has 108 valence electrons. The van der Waals surface area contributed by atoms with Crippen molar-refractivity contribution in [2.24, 2.45) is 5.73 Å². The number of ether oxygens (including phenoxy) is 1. The van der Waals surface area contributed by atoms with Crippen LogP contribution >= 0.6 is 0 Å². The second-order valence-corrected chi connectivity index (χ2v) is 5.00. The maximum atomic E-state index is 10.9. The van der Waals surface area contributed by atoms with E-state index in [1.165, 1.54) is 64.9 Å². The molecule has 0 saturated heterocycles. The Balaban J connectivity index is 2.97. The lowest BCUT2D eigenvalue weighted by Crippen LogP contribution is -1.99. The van der Waals surface area contributed by atoms with E-state index in [0.717, 1.165) is 19.4 Å². The predicted octanol–water partition coefficient (Wildman–Crippen LogP) is 3.80. The molecule has 3 heteroatoms. The van der Waals surface area contributed by atoms with Crippen LogP contribution in [-0.2, 0) is 9.53 Å². The van der Waals surface area contributed by atoms with Crippen LogP contribution in [0.25, 0.3) is 0 Å². The summed E-state index contributed by atoms with van der Waals surface area (Å²) in [4.78, 5) is 10.9. The Bertz CT molecular complexity index is 183. The molecule has 3 nitrogen and oxygen atoms in total. The Labute approximate surface area is 112 Å². The number of esters is 1. The summed E-state index contributed by atoms with van der Waals surface area (Å²) in [6, 6.07) is 0. The van der Waals surface area contributed by atoms with Gasteiger partial charge in [0.25, 0.3) is 0 Å². The van der Waals surface area contributed by atoms with Crippen molar-refractivity contribution in [2.45, 2.75) is 77.0 Å². The maximum absolute atomic E-state index is 10.9. The topological polar surface area (TPSA) is 52.3 Å². The van der Waals surface area contributed by atoms with E-state index in [-0.39, 0.29) is 5.97 Å². The molecule has 0 amide bonds. The van der Waals surface area contributed by atoms with Crippen LogP contribution in [0.4, 0.5) is 0 Å². The summed E-state index contributed by atoms with van der Waals surface area (Å²) in [6.07, 6.45) is 14.5. The Hall–Kier alpha value is -0.570. The third-order valence-electron chi connectivity index (χ3n) is 3.31. The van der Waals surface area contributed by atoms with Gasteiger partial charge in [-0.2, -0.15) is 0 Å². The molecular formula is C15H31NO2. The lowest BCUT2D eigenvalue weighted by atomic mass is 10.1. The SMILES string of the molecule is COC(=O)CCCCCCCCCCCCCN. The zero-order chi connectivity index (χ0) is 13.5. The van der Waals surface area contributed by atoms with Crippen molar-refractivity contribution in [1.29, 1.82) is 0 Å². The molecule has 0 saturated carbocycles. The van der Waals surface area contributed by atoms with E-state index in [2.05, 4.69) is 4.74 Å². The van der Waals surface area contributed by atoms with E-state index in [1.54, 1.807) is 0 Å². The molecule has 0 fully saturated rings. The summed E-state index contributed by atoms with van der Waals surface area (Å²) >= 11 is 0. The summed E-state index contributed by atoms with van der Waals surface area (Å²) < 4.78 is 4.60. The van der Waals surface area contributed by atoms with Crippen LogP contribution in [0.2, 0.25) is 0 Å². The molecule has 0 rings (SSSR count). The van der Waals surface area contributed by atoms with Crippen LogP contribution in [0.15, 0.2) is 0 Å². The molecule has 0 aliphatic rings. The van der Waals surface area contributed by atoms with Gasteiger partial charge in [0.2, 0.25) is 0 Å². The summed E-state index contributed by atoms with van der Waals surface area (Å²) in [6.45, 7) is 0.839. The van der Waals surface area contributed by atoms with Gasteiger partial charge >= 0.3 is 5.97 Å². The summed E-state index contributed by atoms with van der Waals surface area (Å²) in [5.74, 6) is -0.0764. The van der Waals surface area contributed by atoms with Gasteiger partial charge in [-0.25, -0.2) is 0 Å². The quantitative estimate of drug-likeness (QED) is 0.403. The first-order chi connectivity index (χ1) is 8.81. The lowest BCUT2D eigenvalue weighted by Gasteiger charge is -2.02. The van der Waals surface area contributed by atoms with Gasteiger partial charge in [0.15, 0.2) is 0 Å². The normalized spacial score (nSPS) is 10.6. The molecule has 0 aliphatic heterocycles. The van der Waals surface area contributed by atoms with Gasteiger partial charge in [-0.3, -0.25) is 4.79 Å². The first-order valence-electron chi connectivity index (χ1n) is 7.58. The van der Waals surface area contributed by atoms with Gasteiger partial charge in [-0.15, -0.1) is 0 Å². The van der Waals surface area contributed by atoms with Gasteiger partial charge in [0.05, 0.1) is 7.11 Å². The molecule has 0 aromatic rings. The average molecular weight is 257 g/mol.